The number of hydrogen-bond acceptors (Lipinski definition) is 4. The van der Waals surface area contributed by atoms with Crippen LogP contribution in [0.3, 0.4) is 0 Å². The third-order valence-electron chi connectivity index (χ3n) is 2.97. The van der Waals surface area contributed by atoms with Crippen LogP contribution in [0.2, 0.25) is 0 Å². The molecule has 1 atom stereocenters. The van der Waals surface area contributed by atoms with Gasteiger partial charge in [-0.3, -0.25) is 4.79 Å². The van der Waals surface area contributed by atoms with Crippen molar-refractivity contribution in [3.05, 3.63) is 23.8 Å². The fourth-order valence-electron chi connectivity index (χ4n) is 1.98. The molecule has 0 spiro atoms. The molecule has 106 valence electrons. The molecule has 0 aliphatic rings. The van der Waals surface area contributed by atoms with Gasteiger partial charge < -0.3 is 19.5 Å². The van der Waals surface area contributed by atoms with Gasteiger partial charge in [-0.15, -0.1) is 0 Å². The summed E-state index contributed by atoms with van der Waals surface area (Å²) < 4.78 is 10.0. The van der Waals surface area contributed by atoms with Crippen molar-refractivity contribution in [3.8, 4) is 11.5 Å². The first-order chi connectivity index (χ1) is 9.04. The number of phenolic OH excluding ortho intramolecular Hbond substituents is 1. The number of methoxy groups -OCH3 is 2. The van der Waals surface area contributed by atoms with Crippen LogP contribution in [0.4, 0.5) is 0 Å². The summed E-state index contributed by atoms with van der Waals surface area (Å²) in [5.41, 5.74) is 0.433. The van der Waals surface area contributed by atoms with E-state index in [9.17, 15) is 9.90 Å². The maximum Gasteiger partial charge on any atom is 0.254 e. The third kappa shape index (κ3) is 3.61. The maximum atomic E-state index is 12.4. The number of ether oxygens (including phenoxy) is 2. The van der Waals surface area contributed by atoms with E-state index >= 15 is 0 Å². The molecule has 1 aromatic rings. The molecule has 1 rings (SSSR count). The second-order valence-electron chi connectivity index (χ2n) is 4.28. The number of rotatable bonds is 6. The number of carbonyl (C=O) groups is 1. The predicted octanol–water partition coefficient (Wildman–Crippen LogP) is 1.90. The Labute approximate surface area is 113 Å². The van der Waals surface area contributed by atoms with Crippen LogP contribution in [0.5, 0.6) is 11.5 Å². The Morgan fingerprint density at radius 1 is 1.42 bits per heavy atom. The second-order valence-corrected chi connectivity index (χ2v) is 4.28. The van der Waals surface area contributed by atoms with Gasteiger partial charge in [0.2, 0.25) is 0 Å². The van der Waals surface area contributed by atoms with Crippen molar-refractivity contribution in [2.75, 3.05) is 27.4 Å². The zero-order valence-electron chi connectivity index (χ0n) is 11.8. The number of amides is 1. The van der Waals surface area contributed by atoms with E-state index < -0.39 is 0 Å². The Hall–Kier alpha value is -1.75. The van der Waals surface area contributed by atoms with Crippen LogP contribution in [0, 0.1) is 0 Å². The molecular formula is C14H21NO4. The first-order valence-corrected chi connectivity index (χ1v) is 6.22. The van der Waals surface area contributed by atoms with Gasteiger partial charge >= 0.3 is 0 Å². The van der Waals surface area contributed by atoms with Crippen molar-refractivity contribution in [3.63, 3.8) is 0 Å². The van der Waals surface area contributed by atoms with Crippen molar-refractivity contribution >= 4 is 5.91 Å². The number of benzene rings is 1. The van der Waals surface area contributed by atoms with Crippen molar-refractivity contribution in [1.82, 2.24) is 4.90 Å². The zero-order valence-corrected chi connectivity index (χ0v) is 11.8. The third-order valence-corrected chi connectivity index (χ3v) is 2.97. The van der Waals surface area contributed by atoms with E-state index in [1.54, 1.807) is 24.1 Å². The molecule has 0 aliphatic carbocycles. The second kappa shape index (κ2) is 6.99. The molecule has 1 N–H and O–H groups in total. The SMILES string of the molecule is CCN(C(=O)c1ccc(OC)c(O)c1)C(C)COC. The molecule has 0 aromatic heterocycles. The topological polar surface area (TPSA) is 59.0 Å². The first-order valence-electron chi connectivity index (χ1n) is 6.22. The molecule has 0 saturated carbocycles. The summed E-state index contributed by atoms with van der Waals surface area (Å²) in [6.45, 7) is 4.89. The summed E-state index contributed by atoms with van der Waals surface area (Å²) in [7, 11) is 3.07. The van der Waals surface area contributed by atoms with E-state index in [-0.39, 0.29) is 17.7 Å². The molecule has 0 heterocycles. The van der Waals surface area contributed by atoms with Gasteiger partial charge in [0.05, 0.1) is 19.8 Å². The zero-order chi connectivity index (χ0) is 14.4. The summed E-state index contributed by atoms with van der Waals surface area (Å²) in [5.74, 6) is 0.179. The fraction of sp³-hybridized carbons (Fsp3) is 0.500. The van der Waals surface area contributed by atoms with E-state index in [4.69, 9.17) is 9.47 Å². The summed E-state index contributed by atoms with van der Waals surface area (Å²) in [5, 5.41) is 9.72. The fourth-order valence-corrected chi connectivity index (χ4v) is 1.98. The summed E-state index contributed by atoms with van der Waals surface area (Å²) in [4.78, 5) is 14.1. The van der Waals surface area contributed by atoms with E-state index in [1.165, 1.54) is 13.2 Å². The quantitative estimate of drug-likeness (QED) is 0.855. The lowest BCUT2D eigenvalue weighted by Gasteiger charge is -2.27. The van der Waals surface area contributed by atoms with Crippen LogP contribution in [0.1, 0.15) is 24.2 Å². The predicted molar refractivity (Wildman–Crippen MR) is 72.7 cm³/mol. The highest BCUT2D eigenvalue weighted by atomic mass is 16.5. The Morgan fingerprint density at radius 3 is 2.58 bits per heavy atom. The average Bonchev–Trinajstić information content (AvgIpc) is 2.39. The number of phenols is 1. The molecule has 1 amide bonds. The van der Waals surface area contributed by atoms with Crippen molar-refractivity contribution in [1.29, 1.82) is 0 Å². The van der Waals surface area contributed by atoms with Gasteiger partial charge in [0.15, 0.2) is 11.5 Å². The van der Waals surface area contributed by atoms with Crippen molar-refractivity contribution in [2.24, 2.45) is 0 Å². The number of likely N-dealkylation sites (N-methyl/N-ethyl adjacent to an activating group) is 1. The Bertz CT molecular complexity index is 433. The van der Waals surface area contributed by atoms with Crippen LogP contribution in [-0.2, 0) is 4.74 Å². The van der Waals surface area contributed by atoms with Gasteiger partial charge in [0.25, 0.3) is 5.91 Å². The van der Waals surface area contributed by atoms with Gasteiger partial charge in [-0.1, -0.05) is 0 Å². The van der Waals surface area contributed by atoms with E-state index in [1.807, 2.05) is 13.8 Å². The minimum Gasteiger partial charge on any atom is -0.504 e. The molecule has 5 heteroatoms. The highest BCUT2D eigenvalue weighted by Crippen LogP contribution is 2.27. The van der Waals surface area contributed by atoms with Crippen LogP contribution >= 0.6 is 0 Å². The van der Waals surface area contributed by atoms with Gasteiger partial charge in [0.1, 0.15) is 0 Å². The molecule has 1 aromatic carbocycles. The van der Waals surface area contributed by atoms with E-state index in [0.717, 1.165) is 0 Å². The van der Waals surface area contributed by atoms with Gasteiger partial charge in [-0.25, -0.2) is 0 Å². The Balaban J connectivity index is 2.94. The van der Waals surface area contributed by atoms with Crippen LogP contribution < -0.4 is 4.74 Å². The summed E-state index contributed by atoms with van der Waals surface area (Å²) in [6, 6.07) is 4.62. The van der Waals surface area contributed by atoms with Crippen molar-refractivity contribution < 1.29 is 19.4 Å². The summed E-state index contributed by atoms with van der Waals surface area (Å²) in [6.07, 6.45) is 0. The first kappa shape index (κ1) is 15.3. The highest BCUT2D eigenvalue weighted by Gasteiger charge is 2.20. The van der Waals surface area contributed by atoms with Crippen molar-refractivity contribution in [2.45, 2.75) is 19.9 Å². The number of hydrogen-bond donors (Lipinski definition) is 1. The molecule has 0 fully saturated rings. The van der Waals surface area contributed by atoms with Crippen LogP contribution in [-0.4, -0.2) is 49.3 Å². The minimum absolute atomic E-state index is 0.0215. The molecule has 0 saturated heterocycles. The lowest BCUT2D eigenvalue weighted by atomic mass is 10.1. The lowest BCUT2D eigenvalue weighted by molar-refractivity contribution is 0.0579. The largest absolute Gasteiger partial charge is 0.504 e. The average molecular weight is 267 g/mol. The number of aromatic hydroxyl groups is 1. The molecule has 0 aliphatic heterocycles. The lowest BCUT2D eigenvalue weighted by Crippen LogP contribution is -2.40. The minimum atomic E-state index is -0.134. The molecular weight excluding hydrogens is 246 g/mol. The van der Waals surface area contributed by atoms with Gasteiger partial charge in [-0.2, -0.15) is 0 Å². The molecule has 19 heavy (non-hydrogen) atoms. The van der Waals surface area contributed by atoms with Gasteiger partial charge in [-0.05, 0) is 32.0 Å². The van der Waals surface area contributed by atoms with Crippen LogP contribution in [0.15, 0.2) is 18.2 Å². The normalized spacial score (nSPS) is 12.0. The Kier molecular flexibility index (Phi) is 5.63. The van der Waals surface area contributed by atoms with E-state index in [2.05, 4.69) is 0 Å². The number of carbonyl (C=O) groups excluding carboxylic acids is 1. The monoisotopic (exact) mass is 267 g/mol. The molecule has 0 bridgehead atoms. The highest BCUT2D eigenvalue weighted by molar-refractivity contribution is 5.95. The standard InChI is InChI=1S/C14H21NO4/c1-5-15(10(2)9-18-3)14(17)11-6-7-13(19-4)12(16)8-11/h6-8,10,16H,5,9H2,1-4H3. The Morgan fingerprint density at radius 2 is 2.11 bits per heavy atom. The number of nitrogens with zero attached hydrogens (tertiary/aromatic N) is 1. The molecule has 0 radical (unpaired) electrons. The summed E-state index contributed by atoms with van der Waals surface area (Å²) >= 11 is 0. The van der Waals surface area contributed by atoms with Gasteiger partial charge in [0, 0.05) is 19.2 Å². The van der Waals surface area contributed by atoms with Crippen LogP contribution in [0.25, 0.3) is 0 Å². The smallest absolute Gasteiger partial charge is 0.254 e. The molecule has 5 nitrogen and oxygen atoms in total. The molecule has 1 unspecified atom stereocenters. The maximum absolute atomic E-state index is 12.4. The van der Waals surface area contributed by atoms with E-state index in [0.29, 0.717) is 24.5 Å².